The number of phenols is 1. The zero-order valence-electron chi connectivity index (χ0n) is 38.3. The summed E-state index contributed by atoms with van der Waals surface area (Å²) in [7, 11) is 0. The molecule has 0 fully saturated rings. The average molecular weight is 967 g/mol. The second kappa shape index (κ2) is 29.7. The molecule has 1 unspecified atom stereocenters. The third-order valence-corrected chi connectivity index (χ3v) is 10.1. The minimum Gasteiger partial charge on any atom is -0.508 e. The van der Waals surface area contributed by atoms with Gasteiger partial charge < -0.3 is 66.6 Å². The minimum atomic E-state index is -1.86. The van der Waals surface area contributed by atoms with E-state index in [0.29, 0.717) is 22.6 Å². The summed E-state index contributed by atoms with van der Waals surface area (Å²) in [6.07, 6.45) is 3.16. The smallest absolute Gasteiger partial charge is 0.305 e. The summed E-state index contributed by atoms with van der Waals surface area (Å²) >= 11 is 0. The lowest BCUT2D eigenvalue weighted by molar-refractivity contribution is -0.143. The lowest BCUT2D eigenvalue weighted by Crippen LogP contribution is -2.60. The molecule has 5 amide bonds. The van der Waals surface area contributed by atoms with E-state index in [1.807, 2.05) is 6.07 Å². The van der Waals surface area contributed by atoms with Crippen LogP contribution in [-0.2, 0) is 62.3 Å². The lowest BCUT2D eigenvalue weighted by Gasteiger charge is -2.26. The largest absolute Gasteiger partial charge is 0.508 e. The number of hydrogen-bond donors (Lipinski definition) is 9. The van der Waals surface area contributed by atoms with Crippen molar-refractivity contribution in [2.75, 3.05) is 46.2 Å². The number of terminal acetylenes is 1. The molecule has 10 N–H and O–H groups in total. The molecule has 0 radical (unpaired) electrons. The van der Waals surface area contributed by atoms with Crippen LogP contribution in [0, 0.1) is 12.3 Å². The first-order valence-corrected chi connectivity index (χ1v) is 22.2. The molecule has 0 aliphatic rings. The van der Waals surface area contributed by atoms with E-state index in [2.05, 4.69) is 32.5 Å². The van der Waals surface area contributed by atoms with Gasteiger partial charge in [0.25, 0.3) is 0 Å². The van der Waals surface area contributed by atoms with Gasteiger partial charge in [0.05, 0.1) is 45.3 Å². The Morgan fingerprint density at radius 3 is 1.47 bits per heavy atom. The molecule has 4 aromatic rings. The topological polar surface area (TPSA) is 303 Å². The van der Waals surface area contributed by atoms with Crippen LogP contribution in [0.25, 0.3) is 0 Å². The second-order valence-corrected chi connectivity index (χ2v) is 15.6. The van der Waals surface area contributed by atoms with Gasteiger partial charge in [0.2, 0.25) is 29.5 Å². The second-order valence-electron chi connectivity index (χ2n) is 15.6. The summed E-state index contributed by atoms with van der Waals surface area (Å²) in [5, 5.41) is 41.5. The van der Waals surface area contributed by atoms with Crippen molar-refractivity contribution in [1.82, 2.24) is 26.6 Å². The number of aromatic hydroxyl groups is 1. The monoisotopic (exact) mass is 966 g/mol. The summed E-state index contributed by atoms with van der Waals surface area (Å²) in [6.45, 7) is 0.895. The molecule has 0 saturated carbocycles. The van der Waals surface area contributed by atoms with Crippen molar-refractivity contribution in [3.8, 4) is 29.6 Å². The van der Waals surface area contributed by atoms with Crippen LogP contribution in [0.2, 0.25) is 0 Å². The molecule has 5 atom stereocenters. The molecule has 0 spiro atoms. The van der Waals surface area contributed by atoms with Gasteiger partial charge in [0.15, 0.2) is 0 Å². The Morgan fingerprint density at radius 2 is 0.943 bits per heavy atom. The molecule has 372 valence electrons. The number of rotatable bonds is 31. The standard InChI is InChI=1S/C50H58N6O14/c1-2-22-69-37-17-19-38(20-18-37)70-27-26-68-25-24-67-23-21-52-47(63)42(31-44(58)59)55-50(66)43(32-45(60)61)56-49(65)41(29-34-11-7-4-8-12-34)54-48(64)40(30-35-13-15-36(57)16-14-35)53-46(62)39(51)28-33-9-5-3-6-10-33/h1,3-20,39-43,57H,21-32,51H2,(H,52,63)(H,53,62)(H,54,64)(H,55,66)(H,56,65)(H,58,59)(H,60,61)/t39-,40?,41-,42-,43-/m0/s1. The van der Waals surface area contributed by atoms with E-state index < -0.39 is 84.5 Å². The Kier molecular flexibility index (Phi) is 23.2. The number of nitrogens with two attached hydrogens (primary N) is 1. The maximum Gasteiger partial charge on any atom is 0.305 e. The van der Waals surface area contributed by atoms with E-state index in [1.54, 1.807) is 91.0 Å². The van der Waals surface area contributed by atoms with Crippen molar-refractivity contribution in [3.63, 3.8) is 0 Å². The molecular weight excluding hydrogens is 909 g/mol. The zero-order chi connectivity index (χ0) is 50.7. The Labute approximate surface area is 404 Å². The van der Waals surface area contributed by atoms with Crippen LogP contribution in [0.4, 0.5) is 0 Å². The fourth-order valence-electron chi connectivity index (χ4n) is 6.63. The Hall–Kier alpha value is -7.99. The third kappa shape index (κ3) is 20.5. The van der Waals surface area contributed by atoms with Crippen LogP contribution in [-0.4, -0.2) is 133 Å². The number of amides is 5. The highest BCUT2D eigenvalue weighted by atomic mass is 16.5. The number of carbonyl (C=O) groups is 7. The van der Waals surface area contributed by atoms with Crippen molar-refractivity contribution in [1.29, 1.82) is 0 Å². The van der Waals surface area contributed by atoms with Gasteiger partial charge >= 0.3 is 11.9 Å². The van der Waals surface area contributed by atoms with Gasteiger partial charge in [-0.1, -0.05) is 78.7 Å². The number of ether oxygens (including phenoxy) is 4. The van der Waals surface area contributed by atoms with Crippen LogP contribution in [0.3, 0.4) is 0 Å². The van der Waals surface area contributed by atoms with Gasteiger partial charge in [-0.15, -0.1) is 6.42 Å². The van der Waals surface area contributed by atoms with Gasteiger partial charge in [0.1, 0.15) is 54.6 Å². The highest BCUT2D eigenvalue weighted by molar-refractivity contribution is 5.98. The Morgan fingerprint density at radius 1 is 0.514 bits per heavy atom. The molecule has 0 bridgehead atoms. The number of aliphatic carboxylic acids is 2. The van der Waals surface area contributed by atoms with Crippen LogP contribution in [0.5, 0.6) is 17.2 Å². The predicted octanol–water partition coefficient (Wildman–Crippen LogP) is 0.876. The summed E-state index contributed by atoms with van der Waals surface area (Å²) < 4.78 is 21.9. The normalized spacial score (nSPS) is 12.9. The van der Waals surface area contributed by atoms with Crippen molar-refractivity contribution in [2.24, 2.45) is 5.73 Å². The van der Waals surface area contributed by atoms with E-state index in [1.165, 1.54) is 12.1 Å². The SMILES string of the molecule is C#CCOc1ccc(OCCOCCOCCNC(=O)[C@H](CC(=O)O)NC(=O)[C@H](CC(=O)O)NC(=O)[C@H](Cc2ccccc2)NC(=O)C(Cc2ccc(O)cc2)NC(=O)[C@@H](N)Cc2ccccc2)cc1. The molecular formula is C50H58N6O14. The number of carbonyl (C=O) groups excluding carboxylic acids is 5. The fourth-order valence-corrected chi connectivity index (χ4v) is 6.63. The quantitative estimate of drug-likeness (QED) is 0.0250. The number of carboxylic acid groups (broad SMARTS) is 2. The van der Waals surface area contributed by atoms with Crippen molar-refractivity contribution >= 4 is 41.5 Å². The summed E-state index contributed by atoms with van der Waals surface area (Å²) in [4.78, 5) is 92.2. The van der Waals surface area contributed by atoms with E-state index in [-0.39, 0.29) is 71.2 Å². The maximum atomic E-state index is 14.1. The van der Waals surface area contributed by atoms with E-state index in [9.17, 15) is 48.9 Å². The molecule has 4 aromatic carbocycles. The van der Waals surface area contributed by atoms with Crippen LogP contribution < -0.4 is 41.8 Å². The molecule has 0 aliphatic carbocycles. The first-order valence-electron chi connectivity index (χ1n) is 22.2. The van der Waals surface area contributed by atoms with Crippen molar-refractivity contribution in [2.45, 2.75) is 62.3 Å². The lowest BCUT2D eigenvalue weighted by atomic mass is 10.0. The van der Waals surface area contributed by atoms with E-state index in [4.69, 9.17) is 31.1 Å². The number of phenolic OH excluding ortho intramolecular Hbond substituents is 1. The minimum absolute atomic E-state index is 0.0143. The van der Waals surface area contributed by atoms with Gasteiger partial charge in [0, 0.05) is 19.4 Å². The summed E-state index contributed by atoms with van der Waals surface area (Å²) in [6, 6.07) is 22.7. The number of carboxylic acids is 2. The van der Waals surface area contributed by atoms with Crippen molar-refractivity contribution in [3.05, 3.63) is 126 Å². The Bertz CT molecular complexity index is 2350. The summed E-state index contributed by atoms with van der Waals surface area (Å²) in [5.74, 6) is -4.09. The molecule has 20 nitrogen and oxygen atoms in total. The number of benzene rings is 4. The maximum absolute atomic E-state index is 14.1. The van der Waals surface area contributed by atoms with Gasteiger partial charge in [-0.3, -0.25) is 33.6 Å². The molecule has 0 heterocycles. The molecule has 70 heavy (non-hydrogen) atoms. The molecule has 0 aliphatic heterocycles. The highest BCUT2D eigenvalue weighted by Gasteiger charge is 2.34. The first-order chi connectivity index (χ1) is 33.7. The molecule has 20 heteroatoms. The Balaban J connectivity index is 1.36. The van der Waals surface area contributed by atoms with E-state index >= 15 is 0 Å². The van der Waals surface area contributed by atoms with Crippen LogP contribution in [0.1, 0.15) is 29.5 Å². The zero-order valence-corrected chi connectivity index (χ0v) is 38.3. The van der Waals surface area contributed by atoms with Crippen LogP contribution >= 0.6 is 0 Å². The highest BCUT2D eigenvalue weighted by Crippen LogP contribution is 2.18. The number of nitrogens with one attached hydrogen (secondary N) is 5. The van der Waals surface area contributed by atoms with Gasteiger partial charge in [-0.2, -0.15) is 0 Å². The third-order valence-electron chi connectivity index (χ3n) is 10.1. The molecule has 0 aromatic heterocycles. The van der Waals surface area contributed by atoms with Crippen molar-refractivity contribution < 1.29 is 67.8 Å². The average Bonchev–Trinajstić information content (AvgIpc) is 3.34. The molecule has 0 saturated heterocycles. The number of hydrogen-bond acceptors (Lipinski definition) is 13. The fraction of sp³-hybridized carbons (Fsp3) is 0.340. The van der Waals surface area contributed by atoms with Gasteiger partial charge in [-0.25, -0.2) is 0 Å². The summed E-state index contributed by atoms with van der Waals surface area (Å²) in [5.41, 5.74) is 8.10. The van der Waals surface area contributed by atoms with Crippen LogP contribution in [0.15, 0.2) is 109 Å². The predicted molar refractivity (Wildman–Crippen MR) is 253 cm³/mol. The first kappa shape index (κ1) is 54.6. The molecule has 4 rings (SSSR count). The van der Waals surface area contributed by atoms with Gasteiger partial charge in [-0.05, 0) is 59.5 Å². The van der Waals surface area contributed by atoms with E-state index in [0.717, 1.165) is 5.56 Å².